The van der Waals surface area contributed by atoms with E-state index < -0.39 is 0 Å². The van der Waals surface area contributed by atoms with E-state index in [0.717, 1.165) is 13.1 Å². The first kappa shape index (κ1) is 10.8. The molecule has 0 aromatic heterocycles. The van der Waals surface area contributed by atoms with Gasteiger partial charge in [0, 0.05) is 0 Å². The van der Waals surface area contributed by atoms with Gasteiger partial charge < -0.3 is 0 Å². The topological polar surface area (TPSA) is 12.5 Å². The van der Waals surface area contributed by atoms with Gasteiger partial charge in [-0.3, -0.25) is 0 Å². The van der Waals surface area contributed by atoms with Gasteiger partial charge in [0.05, 0.1) is 0 Å². The van der Waals surface area contributed by atoms with Gasteiger partial charge in [0.1, 0.15) is 0 Å². The Hall–Kier alpha value is 0.842. The van der Waals surface area contributed by atoms with Gasteiger partial charge in [-0.15, -0.1) is 0 Å². The number of hydrogen-bond acceptors (Lipinski definition) is 2. The molecule has 0 saturated heterocycles. The molecule has 3 heteroatoms. The fourth-order valence-electron chi connectivity index (χ4n) is 0.799. The summed E-state index contributed by atoms with van der Waals surface area (Å²) in [6, 6.07) is 0. The van der Waals surface area contributed by atoms with Gasteiger partial charge in [-0.25, -0.2) is 0 Å². The van der Waals surface area contributed by atoms with Crippen LogP contribution in [-0.2, 0) is 2.69 Å². The molecule has 0 rings (SSSR count). The zero-order valence-corrected chi connectivity index (χ0v) is 11.8. The minimum atomic E-state index is 0.0649. The van der Waals surface area contributed by atoms with Crippen LogP contribution in [0.25, 0.3) is 0 Å². The first-order valence-corrected chi connectivity index (χ1v) is 5.41. The zero-order chi connectivity index (χ0) is 8.20. The summed E-state index contributed by atoms with van der Waals surface area (Å²) < 4.78 is 5.44. The summed E-state index contributed by atoms with van der Waals surface area (Å²) in [7, 11) is 2.12. The van der Waals surface area contributed by atoms with Crippen LogP contribution < -0.4 is 0 Å². The Balaban J connectivity index is 3.64. The molecule has 0 aliphatic heterocycles. The average Bonchev–Trinajstić information content (AvgIpc) is 1.87. The third-order valence-corrected chi connectivity index (χ3v) is 3.99. The van der Waals surface area contributed by atoms with E-state index in [1.54, 1.807) is 0 Å². The summed E-state index contributed by atoms with van der Waals surface area (Å²) in [5.74, 6) is 0. The summed E-state index contributed by atoms with van der Waals surface area (Å²) in [6.07, 6.45) is 0. The predicted molar refractivity (Wildman–Crippen MR) is 45.5 cm³/mol. The van der Waals surface area contributed by atoms with E-state index >= 15 is 0 Å². The predicted octanol–water partition coefficient (Wildman–Crippen LogP) is 0.549. The van der Waals surface area contributed by atoms with Gasteiger partial charge in [-0.1, -0.05) is 0 Å². The fraction of sp³-hybridized carbons (Fsp3) is 1.00. The molecular formula is C7H17NOPb. The maximum atomic E-state index is 5.44. The molecular weight excluding hydrogens is 321 g/mol. The quantitative estimate of drug-likeness (QED) is 0.694. The van der Waals surface area contributed by atoms with E-state index in [1.807, 2.05) is 0 Å². The van der Waals surface area contributed by atoms with Crippen molar-refractivity contribution >= 4 is 26.2 Å². The average molecular weight is 338 g/mol. The first-order valence-electron chi connectivity index (χ1n) is 3.58. The molecule has 0 spiro atoms. The molecule has 0 aromatic carbocycles. The van der Waals surface area contributed by atoms with Crippen molar-refractivity contribution in [1.82, 2.24) is 4.90 Å². The van der Waals surface area contributed by atoms with Crippen LogP contribution in [0.15, 0.2) is 0 Å². The van der Waals surface area contributed by atoms with E-state index in [1.165, 1.54) is 0 Å². The van der Waals surface area contributed by atoms with Gasteiger partial charge in [0.2, 0.25) is 0 Å². The Kier molecular flexibility index (Phi) is 5.06. The molecule has 0 heterocycles. The normalized spacial score (nSPS) is 12.6. The SMILES string of the molecule is CCN(C)CC(C)(C)[O][PbH]. The molecule has 0 atom stereocenters. The van der Waals surface area contributed by atoms with E-state index in [0.29, 0.717) is 26.2 Å². The van der Waals surface area contributed by atoms with Crippen LogP contribution in [0.4, 0.5) is 0 Å². The molecule has 10 heavy (non-hydrogen) atoms. The van der Waals surface area contributed by atoms with Crippen molar-refractivity contribution in [1.29, 1.82) is 0 Å². The van der Waals surface area contributed by atoms with Crippen LogP contribution in [0.2, 0.25) is 0 Å². The number of likely N-dealkylation sites (N-methyl/N-ethyl adjacent to an activating group) is 1. The summed E-state index contributed by atoms with van der Waals surface area (Å²) in [4.78, 5) is 2.27. The van der Waals surface area contributed by atoms with E-state index in [2.05, 4.69) is 32.7 Å². The van der Waals surface area contributed by atoms with Crippen LogP contribution >= 0.6 is 0 Å². The van der Waals surface area contributed by atoms with Gasteiger partial charge >= 0.3 is 80.3 Å². The monoisotopic (exact) mass is 339 g/mol. The molecule has 0 aliphatic rings. The van der Waals surface area contributed by atoms with Crippen LogP contribution in [0.5, 0.6) is 0 Å². The zero-order valence-electron chi connectivity index (χ0n) is 7.35. The van der Waals surface area contributed by atoms with Crippen LogP contribution in [-0.4, -0.2) is 56.9 Å². The molecule has 0 unspecified atom stereocenters. The molecule has 2 nitrogen and oxygen atoms in total. The van der Waals surface area contributed by atoms with Crippen molar-refractivity contribution in [2.24, 2.45) is 0 Å². The van der Waals surface area contributed by atoms with Crippen molar-refractivity contribution in [3.05, 3.63) is 0 Å². The Bertz CT molecular complexity index is 95.6. The molecule has 60 valence electrons. The van der Waals surface area contributed by atoms with E-state index in [4.69, 9.17) is 2.69 Å². The molecule has 2 radical (unpaired) electrons. The van der Waals surface area contributed by atoms with Crippen LogP contribution in [0.1, 0.15) is 20.8 Å². The third-order valence-electron chi connectivity index (χ3n) is 1.51. The third kappa shape index (κ3) is 4.63. The summed E-state index contributed by atoms with van der Waals surface area (Å²) >= 11 is 0.644. The van der Waals surface area contributed by atoms with E-state index in [-0.39, 0.29) is 5.60 Å². The Morgan fingerprint density at radius 3 is 2.30 bits per heavy atom. The van der Waals surface area contributed by atoms with E-state index in [9.17, 15) is 0 Å². The minimum absolute atomic E-state index is 0.0649. The van der Waals surface area contributed by atoms with Crippen LogP contribution in [0.3, 0.4) is 0 Å². The van der Waals surface area contributed by atoms with Crippen LogP contribution in [0, 0.1) is 0 Å². The summed E-state index contributed by atoms with van der Waals surface area (Å²) in [5.41, 5.74) is 0.0649. The maximum absolute atomic E-state index is 5.44. The van der Waals surface area contributed by atoms with Gasteiger partial charge in [-0.2, -0.15) is 0 Å². The molecule has 0 N–H and O–H groups in total. The van der Waals surface area contributed by atoms with Gasteiger partial charge in [0.25, 0.3) is 0 Å². The molecule has 0 amide bonds. The Morgan fingerprint density at radius 1 is 1.50 bits per heavy atom. The van der Waals surface area contributed by atoms with Crippen molar-refractivity contribution in [3.8, 4) is 0 Å². The number of rotatable bonds is 4. The molecule has 0 aromatic rings. The molecule has 0 bridgehead atoms. The second-order valence-corrected chi connectivity index (χ2v) is 4.12. The molecule has 0 aliphatic carbocycles. The standard InChI is InChI=1S/C7H16NO.Pb.H/c1-5-8(4)6-7(2,3)9;;/h5-6H2,1-4H3;;/q-1;+1;. The van der Waals surface area contributed by atoms with Gasteiger partial charge in [-0.05, 0) is 0 Å². The van der Waals surface area contributed by atoms with Crippen molar-refractivity contribution in [3.63, 3.8) is 0 Å². The Labute approximate surface area is 80.3 Å². The first-order chi connectivity index (χ1) is 4.52. The Morgan fingerprint density at radius 2 is 2.00 bits per heavy atom. The second kappa shape index (κ2) is 4.67. The molecule has 0 fully saturated rings. The van der Waals surface area contributed by atoms with Crippen molar-refractivity contribution < 1.29 is 2.69 Å². The van der Waals surface area contributed by atoms with Gasteiger partial charge in [0.15, 0.2) is 0 Å². The summed E-state index contributed by atoms with van der Waals surface area (Å²) in [6.45, 7) is 8.56. The molecule has 0 saturated carbocycles. The second-order valence-electron chi connectivity index (χ2n) is 3.21. The van der Waals surface area contributed by atoms with Crippen molar-refractivity contribution in [2.75, 3.05) is 20.1 Å². The fourth-order valence-corrected chi connectivity index (χ4v) is 1.09. The number of nitrogens with zero attached hydrogens (tertiary/aromatic N) is 1. The number of hydrogen-bond donors (Lipinski definition) is 0. The van der Waals surface area contributed by atoms with Crippen molar-refractivity contribution in [2.45, 2.75) is 26.4 Å². The summed E-state index contributed by atoms with van der Waals surface area (Å²) in [5, 5.41) is 0.